The number of carbonyl (C=O) groups excluding carboxylic acids is 1. The van der Waals surface area contributed by atoms with E-state index < -0.39 is 17.8 Å². The SMILES string of the molecule is CNC(=O)[C@H](c1ccccc1)N(CCCc1ccc(C(F)(F)F)cc1)c1cccc(C)c1. The molecule has 3 rings (SSSR count). The van der Waals surface area contributed by atoms with Crippen LogP contribution in [0.1, 0.15) is 34.7 Å². The number of hydrogen-bond acceptors (Lipinski definition) is 2. The number of nitrogens with one attached hydrogen (secondary N) is 1. The molecule has 6 heteroatoms. The van der Waals surface area contributed by atoms with Crippen LogP contribution in [0.4, 0.5) is 18.9 Å². The molecule has 0 unspecified atom stereocenters. The van der Waals surface area contributed by atoms with Crippen LogP contribution in [0.15, 0.2) is 78.9 Å². The molecule has 0 fully saturated rings. The Morgan fingerprint density at radius 1 is 0.969 bits per heavy atom. The molecule has 0 saturated carbocycles. The summed E-state index contributed by atoms with van der Waals surface area (Å²) in [4.78, 5) is 15.0. The van der Waals surface area contributed by atoms with Gasteiger partial charge in [0, 0.05) is 19.3 Å². The fourth-order valence-electron chi connectivity index (χ4n) is 3.77. The van der Waals surface area contributed by atoms with Gasteiger partial charge in [0.2, 0.25) is 5.91 Å². The Balaban J connectivity index is 1.84. The van der Waals surface area contributed by atoms with E-state index in [1.165, 1.54) is 12.1 Å². The molecule has 0 aliphatic rings. The van der Waals surface area contributed by atoms with Crippen molar-refractivity contribution in [2.75, 3.05) is 18.5 Å². The molecule has 1 N–H and O–H groups in total. The van der Waals surface area contributed by atoms with Gasteiger partial charge in [-0.2, -0.15) is 13.2 Å². The van der Waals surface area contributed by atoms with Crippen molar-refractivity contribution in [2.45, 2.75) is 32.0 Å². The average Bonchev–Trinajstić information content (AvgIpc) is 2.78. The van der Waals surface area contributed by atoms with E-state index in [1.54, 1.807) is 7.05 Å². The molecule has 3 nitrogen and oxygen atoms in total. The Bertz CT molecular complexity index is 1020. The molecule has 0 aliphatic heterocycles. The summed E-state index contributed by atoms with van der Waals surface area (Å²) in [7, 11) is 1.62. The van der Waals surface area contributed by atoms with Crippen molar-refractivity contribution in [3.63, 3.8) is 0 Å². The standard InChI is InChI=1S/C26H27F3N2O/c1-19-8-6-12-23(18-19)31(24(25(32)30-2)21-10-4-3-5-11-21)17-7-9-20-13-15-22(16-14-20)26(27,28)29/h3-6,8,10-16,18,24H,7,9,17H2,1-2H3,(H,30,32)/t24-/m0/s1. The van der Waals surface area contributed by atoms with Crippen LogP contribution in [0.5, 0.6) is 0 Å². The van der Waals surface area contributed by atoms with Crippen molar-refractivity contribution in [3.8, 4) is 0 Å². The highest BCUT2D eigenvalue weighted by molar-refractivity contribution is 5.86. The zero-order valence-corrected chi connectivity index (χ0v) is 18.2. The maximum atomic E-state index is 12.9. The molecule has 0 aromatic heterocycles. The summed E-state index contributed by atoms with van der Waals surface area (Å²) in [6, 6.07) is 22.3. The number of halogens is 3. The molecule has 0 radical (unpaired) electrons. The van der Waals surface area contributed by atoms with Crippen molar-refractivity contribution < 1.29 is 18.0 Å². The molecule has 0 bridgehead atoms. The molecular weight excluding hydrogens is 413 g/mol. The summed E-state index contributed by atoms with van der Waals surface area (Å²) < 4.78 is 38.4. The number of hydrogen-bond donors (Lipinski definition) is 1. The van der Waals surface area contributed by atoms with Gasteiger partial charge >= 0.3 is 6.18 Å². The van der Waals surface area contributed by atoms with E-state index in [4.69, 9.17) is 0 Å². The predicted molar refractivity (Wildman–Crippen MR) is 122 cm³/mol. The molecule has 1 atom stereocenters. The minimum atomic E-state index is -4.34. The van der Waals surface area contributed by atoms with E-state index in [-0.39, 0.29) is 5.91 Å². The van der Waals surface area contributed by atoms with Gasteiger partial charge in [-0.15, -0.1) is 0 Å². The van der Waals surface area contributed by atoms with Crippen LogP contribution in [-0.2, 0) is 17.4 Å². The fourth-order valence-corrected chi connectivity index (χ4v) is 3.77. The molecule has 3 aromatic rings. The van der Waals surface area contributed by atoms with Gasteiger partial charge in [-0.3, -0.25) is 4.79 Å². The third kappa shape index (κ3) is 5.90. The lowest BCUT2D eigenvalue weighted by molar-refractivity contribution is -0.137. The van der Waals surface area contributed by atoms with Crippen LogP contribution in [0, 0.1) is 6.92 Å². The van der Waals surface area contributed by atoms with E-state index in [9.17, 15) is 18.0 Å². The predicted octanol–water partition coefficient (Wildman–Crippen LogP) is 5.94. The monoisotopic (exact) mass is 440 g/mol. The summed E-state index contributed by atoms with van der Waals surface area (Å²) in [5.74, 6) is -0.118. The first-order chi connectivity index (χ1) is 15.3. The van der Waals surface area contributed by atoms with Crippen molar-refractivity contribution in [1.29, 1.82) is 0 Å². The first-order valence-corrected chi connectivity index (χ1v) is 10.6. The molecule has 1 amide bonds. The molecule has 3 aromatic carbocycles. The summed E-state index contributed by atoms with van der Waals surface area (Å²) in [6.07, 6.45) is -3.05. The van der Waals surface area contributed by atoms with Crippen LogP contribution < -0.4 is 10.2 Å². The maximum Gasteiger partial charge on any atom is 0.416 e. The number of nitrogens with zero attached hydrogens (tertiary/aromatic N) is 1. The van der Waals surface area contributed by atoms with Gasteiger partial charge in [0.05, 0.1) is 5.56 Å². The number of amides is 1. The minimum Gasteiger partial charge on any atom is -0.357 e. The van der Waals surface area contributed by atoms with Crippen molar-refractivity contribution in [3.05, 3.63) is 101 Å². The fraction of sp³-hybridized carbons (Fsp3) is 0.269. The number of likely N-dealkylation sites (N-methyl/N-ethyl adjacent to an activating group) is 1. The van der Waals surface area contributed by atoms with Gasteiger partial charge in [0.25, 0.3) is 0 Å². The van der Waals surface area contributed by atoms with Gasteiger partial charge in [-0.25, -0.2) is 0 Å². The molecule has 0 aliphatic carbocycles. The van der Waals surface area contributed by atoms with Crippen LogP contribution in [0.2, 0.25) is 0 Å². The normalized spacial score (nSPS) is 12.3. The first-order valence-electron chi connectivity index (χ1n) is 10.6. The Morgan fingerprint density at radius 2 is 1.66 bits per heavy atom. The largest absolute Gasteiger partial charge is 0.416 e. The smallest absolute Gasteiger partial charge is 0.357 e. The summed E-state index contributed by atoms with van der Waals surface area (Å²) in [5.41, 5.74) is 3.07. The van der Waals surface area contributed by atoms with E-state index in [0.29, 0.717) is 19.4 Å². The lowest BCUT2D eigenvalue weighted by Crippen LogP contribution is -2.40. The molecule has 32 heavy (non-hydrogen) atoms. The molecule has 0 heterocycles. The molecular formula is C26H27F3N2O. The Morgan fingerprint density at radius 3 is 2.25 bits per heavy atom. The first kappa shape index (κ1) is 23.4. The van der Waals surface area contributed by atoms with Crippen LogP contribution in [0.25, 0.3) is 0 Å². The summed E-state index contributed by atoms with van der Waals surface area (Å²) in [6.45, 7) is 2.57. The third-order valence-electron chi connectivity index (χ3n) is 5.40. The highest BCUT2D eigenvalue weighted by Crippen LogP contribution is 2.30. The topological polar surface area (TPSA) is 32.3 Å². The van der Waals surface area contributed by atoms with Gasteiger partial charge in [0.1, 0.15) is 6.04 Å². The van der Waals surface area contributed by atoms with Crippen molar-refractivity contribution in [1.82, 2.24) is 5.32 Å². The van der Waals surface area contributed by atoms with E-state index in [0.717, 1.165) is 34.5 Å². The Kier molecular flexibility index (Phi) is 7.57. The second-order valence-corrected chi connectivity index (χ2v) is 7.76. The highest BCUT2D eigenvalue weighted by atomic mass is 19.4. The van der Waals surface area contributed by atoms with Crippen molar-refractivity contribution in [2.24, 2.45) is 0 Å². The highest BCUT2D eigenvalue weighted by Gasteiger charge is 2.30. The van der Waals surface area contributed by atoms with Gasteiger partial charge < -0.3 is 10.2 Å². The second-order valence-electron chi connectivity index (χ2n) is 7.76. The number of benzene rings is 3. The zero-order chi connectivity index (χ0) is 23.1. The lowest BCUT2D eigenvalue weighted by Gasteiger charge is -2.33. The molecule has 0 saturated heterocycles. The number of anilines is 1. The van der Waals surface area contributed by atoms with Crippen LogP contribution >= 0.6 is 0 Å². The zero-order valence-electron chi connectivity index (χ0n) is 18.2. The van der Waals surface area contributed by atoms with E-state index >= 15 is 0 Å². The van der Waals surface area contributed by atoms with Gasteiger partial charge in [-0.1, -0.05) is 54.6 Å². The summed E-state index contributed by atoms with van der Waals surface area (Å²) in [5, 5.41) is 2.77. The number of aryl methyl sites for hydroxylation is 2. The van der Waals surface area contributed by atoms with Crippen LogP contribution in [0.3, 0.4) is 0 Å². The summed E-state index contributed by atoms with van der Waals surface area (Å²) >= 11 is 0. The van der Waals surface area contributed by atoms with Crippen molar-refractivity contribution >= 4 is 11.6 Å². The number of rotatable bonds is 8. The Labute approximate surface area is 186 Å². The number of carbonyl (C=O) groups is 1. The molecule has 0 spiro atoms. The quantitative estimate of drug-likeness (QED) is 0.470. The second kappa shape index (κ2) is 10.4. The molecule has 168 valence electrons. The van der Waals surface area contributed by atoms with Crippen LogP contribution in [-0.4, -0.2) is 19.5 Å². The van der Waals surface area contributed by atoms with E-state index in [2.05, 4.69) is 10.2 Å². The van der Waals surface area contributed by atoms with Gasteiger partial charge in [-0.05, 0) is 60.7 Å². The minimum absolute atomic E-state index is 0.118. The number of alkyl halides is 3. The van der Waals surface area contributed by atoms with Gasteiger partial charge in [0.15, 0.2) is 0 Å². The third-order valence-corrected chi connectivity index (χ3v) is 5.40. The van der Waals surface area contributed by atoms with E-state index in [1.807, 2.05) is 61.5 Å². The Hall–Kier alpha value is -3.28. The average molecular weight is 441 g/mol. The maximum absolute atomic E-state index is 12.9. The lowest BCUT2D eigenvalue weighted by atomic mass is 10.0.